The molecule has 2 rings (SSSR count). The average molecular weight is 342 g/mol. The van der Waals surface area contributed by atoms with E-state index >= 15 is 0 Å². The Balaban J connectivity index is 2.20. The quantitative estimate of drug-likeness (QED) is 0.746. The van der Waals surface area contributed by atoms with Gasteiger partial charge in [-0.1, -0.05) is 15.9 Å². The first-order valence-corrected chi connectivity index (χ1v) is 7.77. The second-order valence-electron chi connectivity index (χ2n) is 4.62. The molecule has 0 unspecified atom stereocenters. The number of aryl methyl sites for hydroxylation is 1. The monoisotopic (exact) mass is 341 g/mol. The first kappa shape index (κ1) is 15.5. The molecule has 1 aliphatic rings. The van der Waals surface area contributed by atoms with Gasteiger partial charge in [-0.2, -0.15) is 0 Å². The summed E-state index contributed by atoms with van der Waals surface area (Å²) in [4.78, 5) is 14.0. The normalized spacial score (nSPS) is 14.8. The van der Waals surface area contributed by atoms with E-state index in [9.17, 15) is 4.79 Å². The van der Waals surface area contributed by atoms with Crippen molar-refractivity contribution in [1.29, 1.82) is 0 Å². The van der Waals surface area contributed by atoms with E-state index in [1.54, 1.807) is 4.90 Å². The highest BCUT2D eigenvalue weighted by Gasteiger charge is 2.27. The summed E-state index contributed by atoms with van der Waals surface area (Å²) in [5, 5.41) is 0. The van der Waals surface area contributed by atoms with Gasteiger partial charge < -0.3 is 14.4 Å². The molecule has 0 N–H and O–H groups in total. The molecule has 5 heteroatoms. The number of hydrogen-bond acceptors (Lipinski definition) is 3. The molecule has 0 spiro atoms. The van der Waals surface area contributed by atoms with Crippen molar-refractivity contribution in [2.45, 2.75) is 33.0 Å². The molecule has 1 amide bonds. The first-order valence-electron chi connectivity index (χ1n) is 6.97. The van der Waals surface area contributed by atoms with Gasteiger partial charge >= 0.3 is 0 Å². The largest absolute Gasteiger partial charge is 0.351 e. The predicted octanol–water partition coefficient (Wildman–Crippen LogP) is 3.13. The van der Waals surface area contributed by atoms with Crippen LogP contribution in [0.5, 0.6) is 0 Å². The Labute approximate surface area is 128 Å². The van der Waals surface area contributed by atoms with Crippen LogP contribution >= 0.6 is 15.9 Å². The lowest BCUT2D eigenvalue weighted by Gasteiger charge is -2.32. The Morgan fingerprint density at radius 1 is 1.25 bits per heavy atom. The van der Waals surface area contributed by atoms with Crippen LogP contribution in [0.1, 0.15) is 25.8 Å². The third-order valence-electron chi connectivity index (χ3n) is 3.28. The Hall–Kier alpha value is -0.910. The molecule has 1 heterocycles. The summed E-state index contributed by atoms with van der Waals surface area (Å²) < 4.78 is 12.1. The lowest BCUT2D eigenvalue weighted by atomic mass is 10.0. The zero-order valence-electron chi connectivity index (χ0n) is 11.9. The molecule has 1 aromatic rings. The van der Waals surface area contributed by atoms with Crippen LogP contribution in [0.4, 0.5) is 5.69 Å². The Morgan fingerprint density at radius 2 is 1.95 bits per heavy atom. The van der Waals surface area contributed by atoms with Gasteiger partial charge in [-0.25, -0.2) is 0 Å². The van der Waals surface area contributed by atoms with Gasteiger partial charge in [0, 0.05) is 29.8 Å². The molecule has 1 aromatic carbocycles. The molecule has 0 saturated carbocycles. The van der Waals surface area contributed by atoms with Gasteiger partial charge in [-0.15, -0.1) is 0 Å². The van der Waals surface area contributed by atoms with Crippen molar-refractivity contribution in [2.24, 2.45) is 0 Å². The summed E-state index contributed by atoms with van der Waals surface area (Å²) in [6.45, 7) is 5.43. The number of carbonyl (C=O) groups is 1. The second kappa shape index (κ2) is 7.20. The van der Waals surface area contributed by atoms with Crippen LogP contribution in [0, 0.1) is 0 Å². The van der Waals surface area contributed by atoms with E-state index in [1.807, 2.05) is 26.0 Å². The number of amides is 1. The second-order valence-corrected chi connectivity index (χ2v) is 5.53. The smallest absolute Gasteiger partial charge is 0.227 e. The summed E-state index contributed by atoms with van der Waals surface area (Å²) in [5.41, 5.74) is 2.15. The SMILES string of the molecule is CCOC(CN1C(=O)CCc2cc(Br)ccc21)OCC. The standard InChI is InChI=1S/C15H20BrNO3/c1-3-19-15(20-4-2)10-17-13-7-6-12(16)9-11(13)5-8-14(17)18/h6-7,9,15H,3-5,8,10H2,1-2H3. The maximum Gasteiger partial charge on any atom is 0.227 e. The lowest BCUT2D eigenvalue weighted by Crippen LogP contribution is -2.42. The van der Waals surface area contributed by atoms with Crippen LogP contribution in [-0.4, -0.2) is 32.0 Å². The van der Waals surface area contributed by atoms with Crippen molar-refractivity contribution in [1.82, 2.24) is 0 Å². The number of fused-ring (bicyclic) bond motifs is 1. The minimum absolute atomic E-state index is 0.129. The van der Waals surface area contributed by atoms with Crippen molar-refractivity contribution in [3.05, 3.63) is 28.2 Å². The van der Waals surface area contributed by atoms with Crippen LogP contribution < -0.4 is 4.90 Å². The molecule has 4 nitrogen and oxygen atoms in total. The van der Waals surface area contributed by atoms with Gasteiger partial charge in [0.1, 0.15) is 0 Å². The number of benzene rings is 1. The summed E-state index contributed by atoms with van der Waals surface area (Å²) >= 11 is 3.47. The van der Waals surface area contributed by atoms with Crippen LogP contribution in [0.3, 0.4) is 0 Å². The molecule has 0 atom stereocenters. The Kier molecular flexibility index (Phi) is 5.57. The number of rotatable bonds is 6. The van der Waals surface area contributed by atoms with Crippen molar-refractivity contribution in [2.75, 3.05) is 24.7 Å². The number of carbonyl (C=O) groups excluding carboxylic acids is 1. The van der Waals surface area contributed by atoms with Crippen molar-refractivity contribution in [3.63, 3.8) is 0 Å². The minimum Gasteiger partial charge on any atom is -0.351 e. The van der Waals surface area contributed by atoms with E-state index in [0.29, 0.717) is 26.2 Å². The van der Waals surface area contributed by atoms with E-state index in [1.165, 1.54) is 5.56 Å². The maximum atomic E-state index is 12.2. The van der Waals surface area contributed by atoms with Gasteiger partial charge in [-0.3, -0.25) is 4.79 Å². The maximum absolute atomic E-state index is 12.2. The molecule has 0 radical (unpaired) electrons. The number of hydrogen-bond donors (Lipinski definition) is 0. The van der Waals surface area contributed by atoms with Gasteiger partial charge in [0.25, 0.3) is 0 Å². The summed E-state index contributed by atoms with van der Waals surface area (Å²) in [6.07, 6.45) is 0.954. The molecule has 0 bridgehead atoms. The van der Waals surface area contributed by atoms with Crippen LogP contribution in [0.15, 0.2) is 22.7 Å². The van der Waals surface area contributed by atoms with Gasteiger partial charge in [-0.05, 0) is 44.0 Å². The summed E-state index contributed by atoms with van der Waals surface area (Å²) in [7, 11) is 0. The van der Waals surface area contributed by atoms with Crippen LogP contribution in [0.25, 0.3) is 0 Å². The van der Waals surface area contributed by atoms with E-state index in [0.717, 1.165) is 16.6 Å². The predicted molar refractivity (Wildman–Crippen MR) is 81.9 cm³/mol. The molecule has 110 valence electrons. The highest BCUT2D eigenvalue weighted by atomic mass is 79.9. The highest BCUT2D eigenvalue weighted by Crippen LogP contribution is 2.30. The average Bonchev–Trinajstić information content (AvgIpc) is 2.42. The number of ether oxygens (including phenoxy) is 2. The van der Waals surface area contributed by atoms with Crippen LogP contribution in [-0.2, 0) is 20.7 Å². The molecular weight excluding hydrogens is 322 g/mol. The molecular formula is C15H20BrNO3. The Morgan fingerprint density at radius 3 is 2.60 bits per heavy atom. The Bertz CT molecular complexity index is 472. The third-order valence-corrected chi connectivity index (χ3v) is 3.77. The van der Waals surface area contributed by atoms with Gasteiger partial charge in [0.2, 0.25) is 5.91 Å². The fourth-order valence-corrected chi connectivity index (χ4v) is 2.81. The fraction of sp³-hybridized carbons (Fsp3) is 0.533. The molecule has 0 aliphatic carbocycles. The van der Waals surface area contributed by atoms with Gasteiger partial charge in [0.05, 0.1) is 6.54 Å². The molecule has 0 aromatic heterocycles. The lowest BCUT2D eigenvalue weighted by molar-refractivity contribution is -0.136. The van der Waals surface area contributed by atoms with Crippen LogP contribution in [0.2, 0.25) is 0 Å². The first-order chi connectivity index (χ1) is 9.65. The minimum atomic E-state index is -0.372. The summed E-state index contributed by atoms with van der Waals surface area (Å²) in [6, 6.07) is 6.01. The third kappa shape index (κ3) is 3.59. The topological polar surface area (TPSA) is 38.8 Å². The van der Waals surface area contributed by atoms with Gasteiger partial charge in [0.15, 0.2) is 6.29 Å². The molecule has 1 aliphatic heterocycles. The molecule has 0 saturated heterocycles. The van der Waals surface area contributed by atoms with E-state index in [4.69, 9.17) is 9.47 Å². The van der Waals surface area contributed by atoms with Crippen molar-refractivity contribution in [3.8, 4) is 0 Å². The number of anilines is 1. The van der Waals surface area contributed by atoms with E-state index in [-0.39, 0.29) is 12.2 Å². The van der Waals surface area contributed by atoms with E-state index in [2.05, 4.69) is 22.0 Å². The van der Waals surface area contributed by atoms with Crippen molar-refractivity contribution < 1.29 is 14.3 Å². The number of halogens is 1. The molecule has 0 fully saturated rings. The highest BCUT2D eigenvalue weighted by molar-refractivity contribution is 9.10. The number of nitrogens with zero attached hydrogens (tertiary/aromatic N) is 1. The summed E-state index contributed by atoms with van der Waals surface area (Å²) in [5.74, 6) is 0.129. The van der Waals surface area contributed by atoms with Crippen molar-refractivity contribution >= 4 is 27.5 Å². The zero-order valence-corrected chi connectivity index (χ0v) is 13.5. The zero-order chi connectivity index (χ0) is 14.5. The van der Waals surface area contributed by atoms with E-state index < -0.39 is 0 Å². The molecule has 20 heavy (non-hydrogen) atoms. The fourth-order valence-electron chi connectivity index (χ4n) is 2.40.